The quantitative estimate of drug-likeness (QED) is 0.257. The Bertz CT molecular complexity index is 1740. The number of benzene rings is 4. The SMILES string of the molecule is COc1cc2c3cc1Oc1c(OC)c(OC)cc4c1[C@H](Cc1ccc(cc1)Oc1cc(ccc1N)C[C@H]3N(C)CC2)N(C)CC4. The van der Waals surface area contributed by atoms with Gasteiger partial charge in [-0.25, -0.2) is 0 Å². The molecule has 0 aliphatic carbocycles. The molecule has 4 heterocycles. The van der Waals surface area contributed by atoms with Crippen molar-refractivity contribution in [1.29, 1.82) is 0 Å². The van der Waals surface area contributed by atoms with Gasteiger partial charge in [0.2, 0.25) is 5.75 Å². The standard InChI is InChI=1S/C37H41N3O5/c1-39-14-12-24-19-32(41-3)33-21-27(24)29(39)17-23-8-11-28(38)31(18-23)44-26-9-6-22(7-10-26)16-30-35-25(13-15-40(30)2)20-34(42-4)36(43-5)37(35)45-33/h6-11,18-21,29-30H,12-17,38H2,1-5H3/t29-,30+/m1/s1. The van der Waals surface area contributed by atoms with Gasteiger partial charge in [-0.2, -0.15) is 0 Å². The first-order valence-corrected chi connectivity index (χ1v) is 15.6. The summed E-state index contributed by atoms with van der Waals surface area (Å²) in [6, 6.07) is 21.0. The number of nitrogens with zero attached hydrogens (tertiary/aromatic N) is 2. The predicted molar refractivity (Wildman–Crippen MR) is 176 cm³/mol. The molecule has 0 fully saturated rings. The minimum Gasteiger partial charge on any atom is -0.493 e. The second-order valence-electron chi connectivity index (χ2n) is 12.3. The maximum Gasteiger partial charge on any atom is 0.204 e. The monoisotopic (exact) mass is 607 g/mol. The number of nitrogens with two attached hydrogens (primary N) is 1. The zero-order valence-corrected chi connectivity index (χ0v) is 26.7. The minimum absolute atomic E-state index is 0.0454. The van der Waals surface area contributed by atoms with E-state index in [4.69, 9.17) is 29.4 Å². The molecule has 0 amide bonds. The van der Waals surface area contributed by atoms with Crippen LogP contribution >= 0.6 is 0 Å². The van der Waals surface area contributed by atoms with E-state index in [1.54, 1.807) is 21.3 Å². The van der Waals surface area contributed by atoms with Crippen LogP contribution in [-0.2, 0) is 25.7 Å². The van der Waals surface area contributed by atoms with Gasteiger partial charge in [0.05, 0.1) is 27.0 Å². The Balaban J connectivity index is 1.46. The molecule has 45 heavy (non-hydrogen) atoms. The highest BCUT2D eigenvalue weighted by Gasteiger charge is 2.34. The first-order chi connectivity index (χ1) is 21.9. The summed E-state index contributed by atoms with van der Waals surface area (Å²) in [4.78, 5) is 4.80. The summed E-state index contributed by atoms with van der Waals surface area (Å²) in [7, 11) is 9.41. The topological polar surface area (TPSA) is 78.6 Å². The summed E-state index contributed by atoms with van der Waals surface area (Å²) in [5.41, 5.74) is 14.1. The number of fused-ring (bicyclic) bond motifs is 2. The Hall–Kier alpha value is -4.40. The van der Waals surface area contributed by atoms with Crippen LogP contribution in [-0.4, -0.2) is 58.3 Å². The lowest BCUT2D eigenvalue weighted by Crippen LogP contribution is -2.34. The van der Waals surface area contributed by atoms with Crippen LogP contribution in [0.15, 0.2) is 60.7 Å². The Morgan fingerprint density at radius 3 is 2.09 bits per heavy atom. The van der Waals surface area contributed by atoms with Gasteiger partial charge in [0.1, 0.15) is 5.75 Å². The van der Waals surface area contributed by atoms with Crippen LogP contribution in [0, 0.1) is 0 Å². The van der Waals surface area contributed by atoms with E-state index in [2.05, 4.69) is 66.4 Å². The Morgan fingerprint density at radius 1 is 0.689 bits per heavy atom. The molecule has 4 aromatic carbocycles. The van der Waals surface area contributed by atoms with E-state index in [0.717, 1.165) is 55.6 Å². The summed E-state index contributed by atoms with van der Waals surface area (Å²) in [6.45, 7) is 1.86. The smallest absolute Gasteiger partial charge is 0.204 e. The lowest BCUT2D eigenvalue weighted by atomic mass is 9.87. The molecule has 0 radical (unpaired) electrons. The van der Waals surface area contributed by atoms with E-state index in [9.17, 15) is 0 Å². The third-order valence-electron chi connectivity index (χ3n) is 9.70. The fourth-order valence-corrected chi connectivity index (χ4v) is 7.14. The molecule has 8 heteroatoms. The van der Waals surface area contributed by atoms with Gasteiger partial charge in [-0.1, -0.05) is 18.2 Å². The first-order valence-electron chi connectivity index (χ1n) is 15.6. The zero-order chi connectivity index (χ0) is 31.2. The van der Waals surface area contributed by atoms with Gasteiger partial charge in [-0.05, 0) is 110 Å². The third kappa shape index (κ3) is 5.32. The van der Waals surface area contributed by atoms with Crippen molar-refractivity contribution in [2.24, 2.45) is 0 Å². The molecule has 0 saturated carbocycles. The number of ether oxygens (including phenoxy) is 5. The molecule has 6 bridgehead atoms. The number of methoxy groups -OCH3 is 3. The number of hydrogen-bond donors (Lipinski definition) is 1. The maximum atomic E-state index is 7.01. The summed E-state index contributed by atoms with van der Waals surface area (Å²) in [5, 5.41) is 0. The highest BCUT2D eigenvalue weighted by molar-refractivity contribution is 5.64. The second-order valence-corrected chi connectivity index (χ2v) is 12.3. The van der Waals surface area contributed by atoms with Crippen LogP contribution in [0.1, 0.15) is 45.5 Å². The molecule has 0 aromatic heterocycles. The average Bonchev–Trinajstić information content (AvgIpc) is 3.05. The van der Waals surface area contributed by atoms with Gasteiger partial charge in [0.25, 0.3) is 0 Å². The van der Waals surface area contributed by atoms with E-state index >= 15 is 0 Å². The molecular weight excluding hydrogens is 566 g/mol. The zero-order valence-electron chi connectivity index (χ0n) is 26.7. The maximum absolute atomic E-state index is 7.01. The third-order valence-corrected chi connectivity index (χ3v) is 9.70. The fraction of sp³-hybridized carbons (Fsp3) is 0.351. The highest BCUT2D eigenvalue weighted by atomic mass is 16.5. The van der Waals surface area contributed by atoms with Crippen molar-refractivity contribution in [3.63, 3.8) is 0 Å². The number of nitrogen functional groups attached to an aromatic ring is 1. The molecule has 4 aromatic rings. The Kier molecular flexibility index (Phi) is 7.71. The largest absolute Gasteiger partial charge is 0.493 e. The molecule has 2 atom stereocenters. The number of rotatable bonds is 3. The van der Waals surface area contributed by atoms with Crippen LogP contribution < -0.4 is 29.4 Å². The van der Waals surface area contributed by atoms with Crippen molar-refractivity contribution < 1.29 is 23.7 Å². The van der Waals surface area contributed by atoms with E-state index in [-0.39, 0.29) is 12.1 Å². The molecule has 2 N–H and O–H groups in total. The van der Waals surface area contributed by atoms with Gasteiger partial charge in [-0.15, -0.1) is 0 Å². The molecule has 8 nitrogen and oxygen atoms in total. The van der Waals surface area contributed by atoms with Crippen molar-refractivity contribution in [2.45, 2.75) is 37.8 Å². The normalized spacial score (nSPS) is 19.4. The van der Waals surface area contributed by atoms with E-state index < -0.39 is 0 Å². The van der Waals surface area contributed by atoms with Crippen molar-refractivity contribution in [3.05, 3.63) is 94.0 Å². The Labute approximate surface area is 265 Å². The van der Waals surface area contributed by atoms with Crippen molar-refractivity contribution in [1.82, 2.24) is 9.80 Å². The molecule has 234 valence electrons. The lowest BCUT2D eigenvalue weighted by molar-refractivity contribution is 0.220. The average molecular weight is 608 g/mol. The molecule has 0 unspecified atom stereocenters. The summed E-state index contributed by atoms with van der Waals surface area (Å²) >= 11 is 0. The summed E-state index contributed by atoms with van der Waals surface area (Å²) in [5.74, 6) is 4.70. The first kappa shape index (κ1) is 29.3. The molecule has 4 aliphatic rings. The molecule has 0 spiro atoms. The predicted octanol–water partition coefficient (Wildman–Crippen LogP) is 6.74. The van der Waals surface area contributed by atoms with Gasteiger partial charge in [0.15, 0.2) is 28.7 Å². The highest BCUT2D eigenvalue weighted by Crippen LogP contribution is 2.51. The molecular formula is C37H41N3O5. The van der Waals surface area contributed by atoms with Gasteiger partial charge in [0, 0.05) is 30.7 Å². The molecule has 4 aliphatic heterocycles. The van der Waals surface area contributed by atoms with E-state index in [1.807, 2.05) is 18.2 Å². The van der Waals surface area contributed by atoms with Crippen LogP contribution in [0.25, 0.3) is 0 Å². The summed E-state index contributed by atoms with van der Waals surface area (Å²) < 4.78 is 31.2. The van der Waals surface area contributed by atoms with Gasteiger partial charge < -0.3 is 29.4 Å². The summed E-state index contributed by atoms with van der Waals surface area (Å²) in [6.07, 6.45) is 3.37. The van der Waals surface area contributed by atoms with Crippen LogP contribution in [0.5, 0.6) is 40.2 Å². The Morgan fingerprint density at radius 2 is 1.36 bits per heavy atom. The van der Waals surface area contributed by atoms with E-state index in [0.29, 0.717) is 40.2 Å². The minimum atomic E-state index is 0.0454. The number of hydrogen-bond acceptors (Lipinski definition) is 8. The van der Waals surface area contributed by atoms with Crippen LogP contribution in [0.4, 0.5) is 5.69 Å². The number of likely N-dealkylation sites (N-methyl/N-ethyl adjacent to an activating group) is 2. The van der Waals surface area contributed by atoms with Crippen molar-refractivity contribution >= 4 is 5.69 Å². The molecule has 8 rings (SSSR count). The van der Waals surface area contributed by atoms with Gasteiger partial charge in [-0.3, -0.25) is 9.80 Å². The lowest BCUT2D eigenvalue weighted by Gasteiger charge is -2.37. The van der Waals surface area contributed by atoms with Crippen molar-refractivity contribution in [3.8, 4) is 40.2 Å². The second kappa shape index (κ2) is 11.8. The van der Waals surface area contributed by atoms with E-state index in [1.165, 1.54) is 22.3 Å². The van der Waals surface area contributed by atoms with Crippen LogP contribution in [0.2, 0.25) is 0 Å². The number of anilines is 1. The van der Waals surface area contributed by atoms with Gasteiger partial charge >= 0.3 is 0 Å². The van der Waals surface area contributed by atoms with Crippen LogP contribution in [0.3, 0.4) is 0 Å². The fourth-order valence-electron chi connectivity index (χ4n) is 7.14. The van der Waals surface area contributed by atoms with Crippen molar-refractivity contribution in [2.75, 3.05) is 54.2 Å². The molecule has 0 saturated heterocycles.